The second-order valence-corrected chi connectivity index (χ2v) is 5.81. The molecule has 1 fully saturated rings. The minimum Gasteiger partial charge on any atom is -0.312 e. The van der Waals surface area contributed by atoms with Gasteiger partial charge < -0.3 is 9.88 Å². The van der Waals surface area contributed by atoms with Crippen LogP contribution >= 0.6 is 0 Å². The van der Waals surface area contributed by atoms with Crippen LogP contribution in [0.2, 0.25) is 0 Å². The van der Waals surface area contributed by atoms with E-state index in [0.717, 1.165) is 54.4 Å². The molecule has 1 heterocycles. The van der Waals surface area contributed by atoms with E-state index in [1.165, 1.54) is 0 Å². The number of nitrogens with zero attached hydrogens (tertiary/aromatic N) is 1. The molecule has 3 nitrogen and oxygen atoms in total. The maximum atomic E-state index is 12.9. The standard InChI is InChI=1S/C15H21F3N2O/c1-11-5-7-12(8-6-11)19-9-10-20-13(15(16,17)18)3-2-4-14(20)21/h2-4,11-12,19H,5-10H2,1H3. The first kappa shape index (κ1) is 16.1. The second-order valence-electron chi connectivity index (χ2n) is 5.81. The highest BCUT2D eigenvalue weighted by Gasteiger charge is 2.34. The predicted molar refractivity (Wildman–Crippen MR) is 75.1 cm³/mol. The summed E-state index contributed by atoms with van der Waals surface area (Å²) >= 11 is 0. The highest BCUT2D eigenvalue weighted by molar-refractivity contribution is 5.10. The molecule has 0 aromatic carbocycles. The minimum atomic E-state index is -4.50. The van der Waals surface area contributed by atoms with Gasteiger partial charge in [0.1, 0.15) is 5.69 Å². The third-order valence-corrected chi connectivity index (χ3v) is 4.12. The molecular weight excluding hydrogens is 281 g/mol. The van der Waals surface area contributed by atoms with E-state index in [0.29, 0.717) is 12.6 Å². The van der Waals surface area contributed by atoms with Crippen LogP contribution in [0.3, 0.4) is 0 Å². The molecule has 0 bridgehead atoms. The lowest BCUT2D eigenvalue weighted by atomic mass is 9.87. The molecule has 1 saturated carbocycles. The number of hydrogen-bond donors (Lipinski definition) is 1. The van der Waals surface area contributed by atoms with Crippen molar-refractivity contribution in [2.45, 2.75) is 51.4 Å². The maximum absolute atomic E-state index is 12.9. The van der Waals surface area contributed by atoms with Gasteiger partial charge >= 0.3 is 6.18 Å². The number of pyridine rings is 1. The predicted octanol–water partition coefficient (Wildman–Crippen LogP) is 3.04. The molecule has 0 atom stereocenters. The molecule has 0 radical (unpaired) electrons. The quantitative estimate of drug-likeness (QED) is 0.927. The lowest BCUT2D eigenvalue weighted by Crippen LogP contribution is -2.37. The minimum absolute atomic E-state index is 0.0422. The Kier molecular flexibility index (Phi) is 5.08. The molecule has 0 spiro atoms. The molecule has 0 aliphatic heterocycles. The zero-order valence-electron chi connectivity index (χ0n) is 12.1. The first-order valence-corrected chi connectivity index (χ1v) is 7.38. The summed E-state index contributed by atoms with van der Waals surface area (Å²) in [4.78, 5) is 11.6. The molecule has 2 rings (SSSR count). The van der Waals surface area contributed by atoms with Crippen LogP contribution in [0.25, 0.3) is 0 Å². The van der Waals surface area contributed by atoms with Gasteiger partial charge in [-0.05, 0) is 37.7 Å². The summed E-state index contributed by atoms with van der Waals surface area (Å²) in [6, 6.07) is 3.62. The van der Waals surface area contributed by atoms with E-state index in [2.05, 4.69) is 12.2 Å². The van der Waals surface area contributed by atoms with E-state index in [4.69, 9.17) is 0 Å². The van der Waals surface area contributed by atoms with Crippen LogP contribution in [0.1, 0.15) is 38.3 Å². The van der Waals surface area contributed by atoms with Gasteiger partial charge in [0.15, 0.2) is 0 Å². The Labute approximate surface area is 122 Å². The number of nitrogens with one attached hydrogen (secondary N) is 1. The molecule has 118 valence electrons. The molecule has 0 saturated heterocycles. The van der Waals surface area contributed by atoms with Crippen LogP contribution in [0, 0.1) is 5.92 Å². The van der Waals surface area contributed by atoms with Gasteiger partial charge in [-0.3, -0.25) is 4.79 Å². The Morgan fingerprint density at radius 1 is 1.24 bits per heavy atom. The normalized spacial score (nSPS) is 23.2. The molecule has 21 heavy (non-hydrogen) atoms. The average molecular weight is 302 g/mol. The van der Waals surface area contributed by atoms with E-state index in [9.17, 15) is 18.0 Å². The van der Waals surface area contributed by atoms with Crippen molar-refractivity contribution in [3.8, 4) is 0 Å². The van der Waals surface area contributed by atoms with Gasteiger partial charge in [-0.1, -0.05) is 13.0 Å². The van der Waals surface area contributed by atoms with Crippen molar-refractivity contribution >= 4 is 0 Å². The number of hydrogen-bond acceptors (Lipinski definition) is 2. The summed E-state index contributed by atoms with van der Waals surface area (Å²) in [6.45, 7) is 2.64. The number of rotatable bonds is 4. The van der Waals surface area contributed by atoms with E-state index in [1.807, 2.05) is 0 Å². The average Bonchev–Trinajstić information content (AvgIpc) is 2.41. The van der Waals surface area contributed by atoms with Gasteiger partial charge in [-0.2, -0.15) is 13.2 Å². The second kappa shape index (κ2) is 6.64. The van der Waals surface area contributed by atoms with Crippen LogP contribution in [0.15, 0.2) is 23.0 Å². The first-order valence-electron chi connectivity index (χ1n) is 7.38. The summed E-state index contributed by atoms with van der Waals surface area (Å²) in [5, 5.41) is 3.27. The topological polar surface area (TPSA) is 34.0 Å². The lowest BCUT2D eigenvalue weighted by Gasteiger charge is -2.27. The monoisotopic (exact) mass is 302 g/mol. The highest BCUT2D eigenvalue weighted by atomic mass is 19.4. The fourth-order valence-electron chi connectivity index (χ4n) is 2.84. The molecule has 0 amide bonds. The van der Waals surface area contributed by atoms with Crippen LogP contribution in [-0.2, 0) is 12.7 Å². The zero-order chi connectivity index (χ0) is 15.5. The molecule has 1 aliphatic rings. The molecule has 1 aromatic rings. The molecule has 1 N–H and O–H groups in total. The maximum Gasteiger partial charge on any atom is 0.431 e. The first-order chi connectivity index (χ1) is 9.88. The summed E-state index contributed by atoms with van der Waals surface area (Å²) in [6.07, 6.45) is -0.0951. The fraction of sp³-hybridized carbons (Fsp3) is 0.667. The Balaban J connectivity index is 1.96. The Hall–Kier alpha value is -1.30. The Morgan fingerprint density at radius 3 is 2.52 bits per heavy atom. The molecule has 6 heteroatoms. The lowest BCUT2D eigenvalue weighted by molar-refractivity contribution is -0.144. The van der Waals surface area contributed by atoms with Gasteiger partial charge in [0, 0.05) is 25.2 Å². The highest BCUT2D eigenvalue weighted by Crippen LogP contribution is 2.28. The molecule has 0 unspecified atom stereocenters. The third-order valence-electron chi connectivity index (χ3n) is 4.12. The van der Waals surface area contributed by atoms with Crippen molar-refractivity contribution < 1.29 is 13.2 Å². The summed E-state index contributed by atoms with van der Waals surface area (Å²) in [5.41, 5.74) is -1.49. The van der Waals surface area contributed by atoms with Crippen molar-refractivity contribution in [2.24, 2.45) is 5.92 Å². The number of alkyl halides is 3. The SMILES string of the molecule is CC1CCC(NCCn2c(C(F)(F)F)cccc2=O)CC1. The Morgan fingerprint density at radius 2 is 1.90 bits per heavy atom. The smallest absolute Gasteiger partial charge is 0.312 e. The van der Waals surface area contributed by atoms with Gasteiger partial charge in [0.05, 0.1) is 0 Å². The van der Waals surface area contributed by atoms with Crippen LogP contribution in [0.4, 0.5) is 13.2 Å². The van der Waals surface area contributed by atoms with Crippen molar-refractivity contribution in [1.82, 2.24) is 9.88 Å². The zero-order valence-corrected chi connectivity index (χ0v) is 12.1. The van der Waals surface area contributed by atoms with Crippen LogP contribution < -0.4 is 10.9 Å². The molecule has 1 aromatic heterocycles. The van der Waals surface area contributed by atoms with Gasteiger partial charge in [0.2, 0.25) is 0 Å². The van der Waals surface area contributed by atoms with E-state index >= 15 is 0 Å². The fourth-order valence-corrected chi connectivity index (χ4v) is 2.84. The van der Waals surface area contributed by atoms with Crippen molar-refractivity contribution in [3.63, 3.8) is 0 Å². The Bertz CT molecular complexity index is 516. The van der Waals surface area contributed by atoms with E-state index in [-0.39, 0.29) is 6.54 Å². The van der Waals surface area contributed by atoms with Gasteiger partial charge in [-0.25, -0.2) is 0 Å². The van der Waals surface area contributed by atoms with Gasteiger partial charge in [-0.15, -0.1) is 0 Å². The van der Waals surface area contributed by atoms with Crippen LogP contribution in [-0.4, -0.2) is 17.2 Å². The summed E-state index contributed by atoms with van der Waals surface area (Å²) in [5.74, 6) is 0.733. The number of aromatic nitrogens is 1. The van der Waals surface area contributed by atoms with E-state index in [1.54, 1.807) is 0 Å². The van der Waals surface area contributed by atoms with Crippen molar-refractivity contribution in [2.75, 3.05) is 6.54 Å². The van der Waals surface area contributed by atoms with Crippen LogP contribution in [0.5, 0.6) is 0 Å². The van der Waals surface area contributed by atoms with Crippen molar-refractivity contribution in [3.05, 3.63) is 34.2 Å². The van der Waals surface area contributed by atoms with E-state index < -0.39 is 17.4 Å². The summed E-state index contributed by atoms with van der Waals surface area (Å²) < 4.78 is 39.4. The molecule has 1 aliphatic carbocycles. The number of halogens is 3. The largest absolute Gasteiger partial charge is 0.431 e. The van der Waals surface area contributed by atoms with Gasteiger partial charge in [0.25, 0.3) is 5.56 Å². The summed E-state index contributed by atoms with van der Waals surface area (Å²) in [7, 11) is 0. The van der Waals surface area contributed by atoms with Crippen molar-refractivity contribution in [1.29, 1.82) is 0 Å². The molecular formula is C15H21F3N2O. The third kappa shape index (κ3) is 4.33.